The maximum Gasteiger partial charge on any atom is 0.410 e. The average molecular weight is 776 g/mol. The Hall–Kier alpha value is -4.22. The summed E-state index contributed by atoms with van der Waals surface area (Å²) in [4.78, 5) is 19.9. The Morgan fingerprint density at radius 1 is 1.04 bits per heavy atom. The number of nitrogens with one attached hydrogen (secondary N) is 1. The molecule has 2 aromatic heterocycles. The molecule has 0 aliphatic carbocycles. The van der Waals surface area contributed by atoms with Crippen molar-refractivity contribution < 1.29 is 32.5 Å². The second kappa shape index (κ2) is 15.0. The van der Waals surface area contributed by atoms with E-state index >= 15 is 0 Å². The average Bonchev–Trinajstić information content (AvgIpc) is 3.89. The number of rotatable bonds is 9. The molecule has 0 spiro atoms. The summed E-state index contributed by atoms with van der Waals surface area (Å²) in [6.07, 6.45) is -4.57. The summed E-state index contributed by atoms with van der Waals surface area (Å²) in [6.45, 7) is 2.48. The standard InChI is InChI=1S/C34H31Cl3F2N8O5/c1-17-41-31(47(43-17)25-15-20(35)9-10-21(25)36)30-28(51-34(48)45(3)12-11-40-2)27(29-33(50-30)52-32(49-29)18-7-5-4-6-8-18)46-16-24(42-44-46)19-13-22(38)26(37)23(39)14-19/h4-10,13-16,27-30,32-33,40H,11-12H2,1-3H3. The van der Waals surface area contributed by atoms with Crippen LogP contribution >= 0.6 is 34.8 Å². The third kappa shape index (κ3) is 7.09. The number of fused-ring (bicyclic) bond motifs is 1. The van der Waals surface area contributed by atoms with E-state index in [4.69, 9.17) is 58.7 Å². The van der Waals surface area contributed by atoms with E-state index in [0.29, 0.717) is 40.2 Å². The second-order valence-electron chi connectivity index (χ2n) is 12.1. The lowest BCUT2D eigenvalue weighted by Gasteiger charge is -2.41. The van der Waals surface area contributed by atoms with E-state index in [1.54, 1.807) is 39.2 Å². The molecule has 0 radical (unpaired) electrons. The van der Waals surface area contributed by atoms with Crippen molar-refractivity contribution >= 4 is 40.9 Å². The number of amides is 1. The van der Waals surface area contributed by atoms with Crippen LogP contribution in [0.4, 0.5) is 13.6 Å². The SMILES string of the molecule is CNCCN(C)C(=O)OC1C(c2nc(C)nn2-c2cc(Cl)ccc2Cl)OC2OC(c3ccccc3)OC2C1n1cc(-c2cc(F)c(Cl)c(F)c2)nn1. The van der Waals surface area contributed by atoms with Crippen LogP contribution in [0, 0.1) is 18.6 Å². The minimum atomic E-state index is -1.24. The molecule has 13 nitrogen and oxygen atoms in total. The predicted molar refractivity (Wildman–Crippen MR) is 185 cm³/mol. The second-order valence-corrected chi connectivity index (χ2v) is 13.4. The topological polar surface area (TPSA) is 131 Å². The summed E-state index contributed by atoms with van der Waals surface area (Å²) >= 11 is 18.8. The molecule has 0 saturated carbocycles. The smallest absolute Gasteiger partial charge is 0.410 e. The van der Waals surface area contributed by atoms with Crippen LogP contribution in [0.2, 0.25) is 15.1 Å². The molecule has 2 fully saturated rings. The fourth-order valence-electron chi connectivity index (χ4n) is 6.06. The first-order valence-electron chi connectivity index (χ1n) is 16.1. The Morgan fingerprint density at radius 3 is 2.52 bits per heavy atom. The summed E-state index contributed by atoms with van der Waals surface area (Å²) < 4.78 is 57.7. The lowest BCUT2D eigenvalue weighted by Crippen LogP contribution is -2.53. The first-order valence-corrected chi connectivity index (χ1v) is 17.2. The van der Waals surface area contributed by atoms with Crippen LogP contribution in [0.3, 0.4) is 0 Å². The predicted octanol–water partition coefficient (Wildman–Crippen LogP) is 6.48. The Balaban J connectivity index is 1.37. The Bertz CT molecular complexity index is 2070. The lowest BCUT2D eigenvalue weighted by molar-refractivity contribution is -0.236. The van der Waals surface area contributed by atoms with Gasteiger partial charge in [0.15, 0.2) is 30.6 Å². The molecule has 0 bridgehead atoms. The van der Waals surface area contributed by atoms with Crippen LogP contribution in [0.5, 0.6) is 0 Å². The number of halogens is 5. The first-order chi connectivity index (χ1) is 25.0. The zero-order valence-electron chi connectivity index (χ0n) is 27.8. The zero-order valence-corrected chi connectivity index (χ0v) is 30.1. The quantitative estimate of drug-likeness (QED) is 0.166. The van der Waals surface area contributed by atoms with Gasteiger partial charge in [-0.25, -0.2) is 27.9 Å². The number of carbonyl (C=O) groups is 1. The number of ether oxygens (including phenoxy) is 4. The summed E-state index contributed by atoms with van der Waals surface area (Å²) in [5.74, 6) is -1.39. The van der Waals surface area contributed by atoms with Crippen molar-refractivity contribution in [2.45, 2.75) is 43.9 Å². The van der Waals surface area contributed by atoms with Gasteiger partial charge in [0, 0.05) is 36.3 Å². The largest absolute Gasteiger partial charge is 0.440 e. The molecule has 2 aliphatic rings. The number of hydrogen-bond donors (Lipinski definition) is 1. The molecule has 18 heteroatoms. The van der Waals surface area contributed by atoms with Gasteiger partial charge in [0.25, 0.3) is 0 Å². The molecule has 5 aromatic rings. The van der Waals surface area contributed by atoms with Crippen molar-refractivity contribution in [3.05, 3.63) is 111 Å². The van der Waals surface area contributed by atoms with Gasteiger partial charge in [0.05, 0.1) is 16.9 Å². The van der Waals surface area contributed by atoms with Gasteiger partial charge in [-0.2, -0.15) is 5.10 Å². The van der Waals surface area contributed by atoms with Crippen molar-refractivity contribution in [2.75, 3.05) is 27.2 Å². The van der Waals surface area contributed by atoms with Gasteiger partial charge in [-0.3, -0.25) is 0 Å². The van der Waals surface area contributed by atoms with Gasteiger partial charge < -0.3 is 29.2 Å². The van der Waals surface area contributed by atoms with Crippen LogP contribution in [0.25, 0.3) is 16.9 Å². The molecule has 6 atom stereocenters. The molecule has 7 rings (SSSR count). The molecule has 4 heterocycles. The molecule has 272 valence electrons. The van der Waals surface area contributed by atoms with E-state index in [9.17, 15) is 13.6 Å². The van der Waals surface area contributed by atoms with E-state index in [-0.39, 0.29) is 17.1 Å². The van der Waals surface area contributed by atoms with E-state index < -0.39 is 59.7 Å². The van der Waals surface area contributed by atoms with E-state index in [0.717, 1.165) is 12.1 Å². The van der Waals surface area contributed by atoms with Crippen LogP contribution in [-0.4, -0.2) is 86.4 Å². The Kier molecular flexibility index (Phi) is 10.4. The van der Waals surface area contributed by atoms with Gasteiger partial charge in [-0.1, -0.05) is 70.3 Å². The molecular formula is C34H31Cl3F2N8O5. The molecule has 6 unspecified atom stereocenters. The minimum Gasteiger partial charge on any atom is -0.440 e. The zero-order chi connectivity index (χ0) is 36.7. The van der Waals surface area contributed by atoms with Crippen molar-refractivity contribution in [3.8, 4) is 16.9 Å². The Morgan fingerprint density at radius 2 is 1.79 bits per heavy atom. The summed E-state index contributed by atoms with van der Waals surface area (Å²) in [5.41, 5.74) is 1.27. The van der Waals surface area contributed by atoms with Crippen molar-refractivity contribution in [3.63, 3.8) is 0 Å². The number of benzene rings is 3. The van der Waals surface area contributed by atoms with Crippen LogP contribution in [-0.2, 0) is 18.9 Å². The first kappa shape index (κ1) is 36.2. The summed E-state index contributed by atoms with van der Waals surface area (Å²) in [5, 5.41) is 16.2. The highest BCUT2D eigenvalue weighted by Crippen LogP contribution is 2.48. The fourth-order valence-corrected chi connectivity index (χ4v) is 6.53. The van der Waals surface area contributed by atoms with Crippen LogP contribution in [0.1, 0.15) is 35.6 Å². The van der Waals surface area contributed by atoms with Gasteiger partial charge in [0.2, 0.25) is 0 Å². The van der Waals surface area contributed by atoms with Crippen molar-refractivity contribution in [1.82, 2.24) is 40.0 Å². The maximum absolute atomic E-state index is 14.5. The number of aromatic nitrogens is 6. The molecule has 3 aromatic carbocycles. The fraction of sp³-hybridized carbons (Fsp3) is 0.324. The minimum absolute atomic E-state index is 0.0721. The Labute approximate surface area is 311 Å². The normalized spacial score (nSPS) is 22.7. The molecule has 1 N–H and O–H groups in total. The third-order valence-corrected chi connectivity index (χ3v) is 9.52. The van der Waals surface area contributed by atoms with E-state index in [1.165, 1.54) is 20.5 Å². The highest BCUT2D eigenvalue weighted by Gasteiger charge is 2.57. The molecule has 1 amide bonds. The van der Waals surface area contributed by atoms with Crippen molar-refractivity contribution in [1.29, 1.82) is 0 Å². The van der Waals surface area contributed by atoms with Gasteiger partial charge in [0.1, 0.15) is 40.3 Å². The van der Waals surface area contributed by atoms with E-state index in [2.05, 4.69) is 20.7 Å². The number of hydrogen-bond acceptors (Lipinski definition) is 10. The van der Waals surface area contributed by atoms with E-state index in [1.807, 2.05) is 30.3 Å². The number of nitrogens with zero attached hydrogens (tertiary/aromatic N) is 7. The lowest BCUT2D eigenvalue weighted by atomic mass is 9.95. The van der Waals surface area contributed by atoms with Gasteiger partial charge in [-0.05, 0) is 44.3 Å². The number of carbonyl (C=O) groups excluding carboxylic acids is 1. The van der Waals surface area contributed by atoms with Crippen molar-refractivity contribution in [2.24, 2.45) is 0 Å². The van der Waals surface area contributed by atoms with Gasteiger partial charge >= 0.3 is 6.09 Å². The molecule has 2 saturated heterocycles. The monoisotopic (exact) mass is 774 g/mol. The molecule has 2 aliphatic heterocycles. The summed E-state index contributed by atoms with van der Waals surface area (Å²) in [7, 11) is 3.35. The molecule has 52 heavy (non-hydrogen) atoms. The number of likely N-dealkylation sites (N-methyl/N-ethyl adjacent to an activating group) is 2. The molecular weight excluding hydrogens is 745 g/mol. The van der Waals surface area contributed by atoms with Crippen LogP contribution < -0.4 is 5.32 Å². The number of aryl methyl sites for hydroxylation is 1. The summed E-state index contributed by atoms with van der Waals surface area (Å²) in [6, 6.07) is 15.2. The van der Waals surface area contributed by atoms with Gasteiger partial charge in [-0.15, -0.1) is 5.10 Å². The third-order valence-electron chi connectivity index (χ3n) is 8.60. The highest BCUT2D eigenvalue weighted by molar-refractivity contribution is 6.34. The highest BCUT2D eigenvalue weighted by atomic mass is 35.5. The van der Waals surface area contributed by atoms with Crippen LogP contribution in [0.15, 0.2) is 66.9 Å². The maximum atomic E-state index is 14.5.